The molecule has 16 heavy (non-hydrogen) atoms. The van der Waals surface area contributed by atoms with Crippen LogP contribution in [0.25, 0.3) is 11.0 Å². The number of aromatic nitrogens is 2. The van der Waals surface area contributed by atoms with E-state index in [4.69, 9.17) is 0 Å². The summed E-state index contributed by atoms with van der Waals surface area (Å²) in [6, 6.07) is 3.49. The zero-order valence-electron chi connectivity index (χ0n) is 8.52. The number of rotatable bonds is 2. The first-order valence-corrected chi connectivity index (χ1v) is 4.71. The second-order valence-electron chi connectivity index (χ2n) is 3.44. The van der Waals surface area contributed by atoms with Crippen molar-refractivity contribution in [1.82, 2.24) is 15.3 Å². The van der Waals surface area contributed by atoms with E-state index in [0.717, 1.165) is 12.1 Å². The van der Waals surface area contributed by atoms with E-state index < -0.39 is 11.7 Å². The second kappa shape index (κ2) is 3.79. The molecule has 3 nitrogen and oxygen atoms in total. The molecule has 0 aliphatic rings. The summed E-state index contributed by atoms with van der Waals surface area (Å²) in [5.74, 6) is 0.622. The first-order valence-electron chi connectivity index (χ1n) is 4.71. The average molecular weight is 229 g/mol. The summed E-state index contributed by atoms with van der Waals surface area (Å²) in [4.78, 5) is 6.99. The molecular weight excluding hydrogens is 219 g/mol. The minimum atomic E-state index is -4.32. The molecule has 2 N–H and O–H groups in total. The third kappa shape index (κ3) is 2.01. The lowest BCUT2D eigenvalue weighted by Crippen LogP contribution is -2.06. The van der Waals surface area contributed by atoms with Crippen LogP contribution in [-0.4, -0.2) is 17.0 Å². The lowest BCUT2D eigenvalue weighted by atomic mass is 10.2. The molecule has 0 bridgehead atoms. The Bertz CT molecular complexity index is 501. The Morgan fingerprint density at radius 2 is 2.12 bits per heavy atom. The smallest absolute Gasteiger partial charge is 0.341 e. The number of imidazole rings is 1. The predicted octanol–water partition coefficient (Wildman–Crippen LogP) is 2.30. The quantitative estimate of drug-likeness (QED) is 0.829. The molecule has 2 aromatic rings. The van der Waals surface area contributed by atoms with Crippen LogP contribution in [-0.2, 0) is 12.7 Å². The molecule has 1 aromatic carbocycles. The van der Waals surface area contributed by atoms with E-state index in [1.807, 2.05) is 0 Å². The number of fused-ring (bicyclic) bond motifs is 1. The van der Waals surface area contributed by atoms with Crippen LogP contribution in [0.15, 0.2) is 18.2 Å². The number of benzene rings is 1. The summed E-state index contributed by atoms with van der Waals surface area (Å²) in [6.07, 6.45) is -4.32. The van der Waals surface area contributed by atoms with Crippen molar-refractivity contribution >= 4 is 11.0 Å². The molecule has 0 fully saturated rings. The van der Waals surface area contributed by atoms with E-state index in [1.165, 1.54) is 6.07 Å². The van der Waals surface area contributed by atoms with E-state index in [9.17, 15) is 13.2 Å². The van der Waals surface area contributed by atoms with E-state index in [-0.39, 0.29) is 0 Å². The monoisotopic (exact) mass is 229 g/mol. The highest BCUT2D eigenvalue weighted by Gasteiger charge is 2.30. The summed E-state index contributed by atoms with van der Waals surface area (Å²) < 4.78 is 37.3. The average Bonchev–Trinajstić information content (AvgIpc) is 2.57. The minimum Gasteiger partial charge on any atom is -0.341 e. The molecule has 0 aliphatic carbocycles. The zero-order valence-corrected chi connectivity index (χ0v) is 8.52. The third-order valence-corrected chi connectivity index (χ3v) is 2.20. The predicted molar refractivity (Wildman–Crippen MR) is 53.9 cm³/mol. The number of halogens is 3. The van der Waals surface area contributed by atoms with Gasteiger partial charge in [-0.3, -0.25) is 0 Å². The number of aromatic amines is 1. The van der Waals surface area contributed by atoms with Crippen molar-refractivity contribution < 1.29 is 13.2 Å². The fraction of sp³-hybridized carbons (Fsp3) is 0.300. The fourth-order valence-electron chi connectivity index (χ4n) is 1.49. The van der Waals surface area contributed by atoms with Gasteiger partial charge in [0, 0.05) is 0 Å². The van der Waals surface area contributed by atoms with Gasteiger partial charge in [-0.25, -0.2) is 4.98 Å². The van der Waals surface area contributed by atoms with Gasteiger partial charge in [0.2, 0.25) is 0 Å². The maximum Gasteiger partial charge on any atom is 0.416 e. The molecule has 0 atom stereocenters. The van der Waals surface area contributed by atoms with Gasteiger partial charge in [-0.15, -0.1) is 0 Å². The van der Waals surface area contributed by atoms with Crippen molar-refractivity contribution in [2.24, 2.45) is 0 Å². The normalized spacial score (nSPS) is 12.2. The van der Waals surface area contributed by atoms with Gasteiger partial charge in [0.15, 0.2) is 0 Å². The summed E-state index contributed by atoms with van der Waals surface area (Å²) in [6.45, 7) is 0.496. The highest BCUT2D eigenvalue weighted by atomic mass is 19.4. The number of H-pyrrole nitrogens is 1. The largest absolute Gasteiger partial charge is 0.416 e. The molecule has 0 aliphatic heterocycles. The molecule has 1 heterocycles. The van der Waals surface area contributed by atoms with Crippen molar-refractivity contribution in [3.05, 3.63) is 29.6 Å². The van der Waals surface area contributed by atoms with Crippen LogP contribution in [0.5, 0.6) is 0 Å². The SMILES string of the molecule is CNCc1nc2cc(C(F)(F)F)ccc2[nH]1. The Hall–Kier alpha value is -1.56. The van der Waals surface area contributed by atoms with E-state index >= 15 is 0 Å². The van der Waals surface area contributed by atoms with Crippen molar-refractivity contribution in [3.63, 3.8) is 0 Å². The Balaban J connectivity index is 2.46. The van der Waals surface area contributed by atoms with Gasteiger partial charge in [0.1, 0.15) is 5.82 Å². The maximum absolute atomic E-state index is 12.4. The molecule has 2 rings (SSSR count). The third-order valence-electron chi connectivity index (χ3n) is 2.20. The summed E-state index contributed by atoms with van der Waals surface area (Å²) in [5.41, 5.74) is 0.265. The van der Waals surface area contributed by atoms with Gasteiger partial charge >= 0.3 is 6.18 Å². The lowest BCUT2D eigenvalue weighted by molar-refractivity contribution is -0.137. The van der Waals surface area contributed by atoms with Gasteiger partial charge < -0.3 is 10.3 Å². The number of alkyl halides is 3. The van der Waals surface area contributed by atoms with E-state index in [0.29, 0.717) is 23.4 Å². The fourth-order valence-corrected chi connectivity index (χ4v) is 1.49. The van der Waals surface area contributed by atoms with Crippen LogP contribution in [0.2, 0.25) is 0 Å². The van der Waals surface area contributed by atoms with Gasteiger partial charge in [0.05, 0.1) is 23.1 Å². The van der Waals surface area contributed by atoms with E-state index in [1.54, 1.807) is 7.05 Å². The molecule has 86 valence electrons. The lowest BCUT2D eigenvalue weighted by Gasteiger charge is -2.04. The summed E-state index contributed by atoms with van der Waals surface area (Å²) in [5, 5.41) is 2.87. The number of hydrogen-bond donors (Lipinski definition) is 2. The Labute approximate surface area is 89.7 Å². The summed E-state index contributed by atoms with van der Waals surface area (Å²) >= 11 is 0. The molecule has 0 amide bonds. The molecule has 0 saturated heterocycles. The Morgan fingerprint density at radius 1 is 1.38 bits per heavy atom. The van der Waals surface area contributed by atoms with Crippen molar-refractivity contribution in [2.75, 3.05) is 7.05 Å². The van der Waals surface area contributed by atoms with Crippen LogP contribution in [0.3, 0.4) is 0 Å². The van der Waals surface area contributed by atoms with Crippen LogP contribution in [0.1, 0.15) is 11.4 Å². The van der Waals surface area contributed by atoms with Gasteiger partial charge in [-0.1, -0.05) is 0 Å². The second-order valence-corrected chi connectivity index (χ2v) is 3.44. The molecule has 6 heteroatoms. The maximum atomic E-state index is 12.4. The topological polar surface area (TPSA) is 40.7 Å². The van der Waals surface area contributed by atoms with Crippen LogP contribution >= 0.6 is 0 Å². The van der Waals surface area contributed by atoms with Crippen molar-refractivity contribution in [2.45, 2.75) is 12.7 Å². The first-order chi connectivity index (χ1) is 7.50. The standard InChI is InChI=1S/C10H10F3N3/c1-14-5-9-15-7-3-2-6(10(11,12)13)4-8(7)16-9/h2-4,14H,5H2,1H3,(H,15,16). The van der Waals surface area contributed by atoms with E-state index in [2.05, 4.69) is 15.3 Å². The first kappa shape index (κ1) is 10.9. The Morgan fingerprint density at radius 3 is 2.75 bits per heavy atom. The van der Waals surface area contributed by atoms with Crippen molar-refractivity contribution in [1.29, 1.82) is 0 Å². The highest BCUT2D eigenvalue weighted by molar-refractivity contribution is 5.76. The van der Waals surface area contributed by atoms with Crippen LogP contribution < -0.4 is 5.32 Å². The molecule has 0 spiro atoms. The van der Waals surface area contributed by atoms with Gasteiger partial charge in [-0.05, 0) is 25.2 Å². The van der Waals surface area contributed by atoms with Crippen molar-refractivity contribution in [3.8, 4) is 0 Å². The number of nitrogens with zero attached hydrogens (tertiary/aromatic N) is 1. The minimum absolute atomic E-state index is 0.333. The number of nitrogens with one attached hydrogen (secondary N) is 2. The van der Waals surface area contributed by atoms with Gasteiger partial charge in [0.25, 0.3) is 0 Å². The molecule has 1 aromatic heterocycles. The van der Waals surface area contributed by atoms with Crippen LogP contribution in [0.4, 0.5) is 13.2 Å². The Kier molecular flexibility index (Phi) is 2.59. The number of hydrogen-bond acceptors (Lipinski definition) is 2. The zero-order chi connectivity index (χ0) is 11.8. The molecule has 0 unspecified atom stereocenters. The van der Waals surface area contributed by atoms with Crippen LogP contribution in [0, 0.1) is 0 Å². The highest BCUT2D eigenvalue weighted by Crippen LogP contribution is 2.30. The molecular formula is C10H10F3N3. The summed E-state index contributed by atoms with van der Waals surface area (Å²) in [7, 11) is 1.74. The molecule has 0 saturated carbocycles. The molecule has 0 radical (unpaired) electrons. The van der Waals surface area contributed by atoms with Gasteiger partial charge in [-0.2, -0.15) is 13.2 Å².